The number of nitrogens with zero attached hydrogens (tertiary/aromatic N) is 4. The van der Waals surface area contributed by atoms with E-state index >= 15 is 0 Å². The van der Waals surface area contributed by atoms with Crippen LogP contribution in [0, 0.1) is 17.8 Å². The number of aromatic nitrogens is 5. The molecule has 6 heterocycles. The summed E-state index contributed by atoms with van der Waals surface area (Å²) in [5.74, 6) is 4.00. The van der Waals surface area contributed by atoms with Crippen molar-refractivity contribution < 1.29 is 28.6 Å². The number of carbonyl (C=O) groups is 3. The number of nitrogens with one attached hydrogen (secondary N) is 4. The summed E-state index contributed by atoms with van der Waals surface area (Å²) in [6.07, 6.45) is 14.6. The smallest absolute Gasteiger partial charge is 0.407 e. The molecule has 10 rings (SSSR count). The van der Waals surface area contributed by atoms with Crippen LogP contribution >= 0.6 is 0 Å². The fraction of sp³-hybridized carbons (Fsp3) is 0.466. The maximum atomic E-state index is 14.0. The van der Waals surface area contributed by atoms with Crippen molar-refractivity contribution in [3.63, 3.8) is 0 Å². The molecule has 378 valence electrons. The number of methoxy groups -OCH3 is 1. The molecule has 14 heteroatoms. The number of aryl methyl sites for hydroxylation is 1. The number of carbonyl (C=O) groups excluding carboxylic acids is 3. The van der Waals surface area contributed by atoms with Gasteiger partial charge in [0.1, 0.15) is 29.2 Å². The van der Waals surface area contributed by atoms with E-state index in [1.807, 2.05) is 31.1 Å². The molecule has 2 saturated heterocycles. The minimum atomic E-state index is -0.713. The van der Waals surface area contributed by atoms with E-state index in [0.29, 0.717) is 38.5 Å². The predicted molar refractivity (Wildman–Crippen MR) is 278 cm³/mol. The topological polar surface area (TPSA) is 171 Å². The number of aromatic amines is 3. The molecule has 2 fully saturated rings. The largest absolute Gasteiger partial charge is 0.493 e. The van der Waals surface area contributed by atoms with Crippen LogP contribution < -0.4 is 10.1 Å². The fourth-order valence-electron chi connectivity index (χ4n) is 11.9. The van der Waals surface area contributed by atoms with Crippen molar-refractivity contribution in [1.29, 1.82) is 0 Å². The second-order valence-corrected chi connectivity index (χ2v) is 21.0. The van der Waals surface area contributed by atoms with Crippen LogP contribution in [0.2, 0.25) is 0 Å². The molecule has 4 N–H and O–H groups in total. The number of alkyl carbamates (subject to hydrolysis) is 1. The first kappa shape index (κ1) is 48.8. The van der Waals surface area contributed by atoms with Gasteiger partial charge in [-0.3, -0.25) is 9.59 Å². The molecule has 0 bridgehead atoms. The Morgan fingerprint density at radius 3 is 2.43 bits per heavy atom. The molecule has 5 aromatic rings. The van der Waals surface area contributed by atoms with Crippen molar-refractivity contribution in [2.75, 3.05) is 33.4 Å². The Morgan fingerprint density at radius 1 is 0.917 bits per heavy atom. The van der Waals surface area contributed by atoms with E-state index in [2.05, 4.69) is 112 Å². The molecule has 2 aromatic carbocycles. The lowest BCUT2D eigenvalue weighted by Crippen LogP contribution is -2.51. The highest BCUT2D eigenvalue weighted by molar-refractivity contribution is 5.91. The molecule has 5 unspecified atom stereocenters. The summed E-state index contributed by atoms with van der Waals surface area (Å²) >= 11 is 0. The normalized spacial score (nSPS) is 21.1. The van der Waals surface area contributed by atoms with E-state index in [1.54, 1.807) is 6.20 Å². The number of imidazole rings is 2. The Balaban J connectivity index is 1.01. The maximum absolute atomic E-state index is 14.0. The molecule has 5 aliphatic rings. The number of fused-ring (bicyclic) bond motifs is 3. The molecule has 72 heavy (non-hydrogen) atoms. The number of hydrogen-bond acceptors (Lipinski definition) is 8. The molecular weight excluding hydrogens is 905 g/mol. The minimum Gasteiger partial charge on any atom is -0.493 e. The lowest BCUT2D eigenvalue weighted by atomic mass is 9.66. The third-order valence-corrected chi connectivity index (χ3v) is 15.7. The van der Waals surface area contributed by atoms with Crippen molar-refractivity contribution in [3.8, 4) is 17.0 Å². The number of allylic oxidation sites excluding steroid dienone is 3. The van der Waals surface area contributed by atoms with Crippen molar-refractivity contribution in [3.05, 3.63) is 135 Å². The first-order valence-corrected chi connectivity index (χ1v) is 26.3. The van der Waals surface area contributed by atoms with Crippen molar-refractivity contribution >= 4 is 29.1 Å². The molecule has 2 aliphatic carbocycles. The third-order valence-electron chi connectivity index (χ3n) is 15.7. The van der Waals surface area contributed by atoms with Gasteiger partial charge in [-0.1, -0.05) is 65.8 Å². The zero-order chi connectivity index (χ0) is 50.2. The van der Waals surface area contributed by atoms with Gasteiger partial charge in [-0.15, -0.1) is 0 Å². The lowest BCUT2D eigenvalue weighted by Gasteiger charge is -2.41. The monoisotopic (exact) mass is 975 g/mol. The molecule has 0 saturated carbocycles. The van der Waals surface area contributed by atoms with E-state index in [-0.39, 0.29) is 41.7 Å². The summed E-state index contributed by atoms with van der Waals surface area (Å²) in [7, 11) is 1.31. The highest BCUT2D eigenvalue weighted by Crippen LogP contribution is 2.53. The van der Waals surface area contributed by atoms with Crippen molar-refractivity contribution in [1.82, 2.24) is 40.0 Å². The predicted octanol–water partition coefficient (Wildman–Crippen LogP) is 10.8. The van der Waals surface area contributed by atoms with Gasteiger partial charge in [0, 0.05) is 61.2 Å². The van der Waals surface area contributed by atoms with E-state index in [9.17, 15) is 14.4 Å². The van der Waals surface area contributed by atoms with Crippen LogP contribution in [0.15, 0.2) is 90.1 Å². The Bertz CT molecular complexity index is 2900. The number of ether oxygens (including phenoxy) is 3. The number of likely N-dealkylation sites (tertiary alicyclic amines) is 2. The van der Waals surface area contributed by atoms with E-state index in [0.717, 1.165) is 97.2 Å². The SMILES string of the molecule is CCc1cc(C2=CC3=C(CC2)C2=C(c4ccc(OCCc5ncc[nH]5)cc4)c4cc(-c5cnc(C6CCCN6C(=O)C(NC(=O)OC)C(C)C)[nH]5)ccc4C(C)C2CO3)[nH]c1C1CCCN1C(=O)CC(C)C. The molecular formula is C58H70N8O6. The summed E-state index contributed by atoms with van der Waals surface area (Å²) in [6, 6.07) is 16.7. The number of H-pyrrole nitrogens is 3. The standard InChI is InChI=1S/C58H70N8O6/c1-8-36-29-45(62-55(36)47-11-9-24-65(47)51(67)27-33(2)3)39-16-20-42-49(30-39)72-32-44-35(6)41-19-15-38(28-43(41)52(53(42)44)37-13-17-40(18-14-37)71-26-21-50-59-22-23-60-50)46-31-61-56(63-46)48-12-10-25-66(48)57(68)54(34(4)5)64-58(69)70-7/h13-15,17-19,22-23,28-31,33-35,44,47-48,54,62H,8-12,16,20-21,24-27,32H2,1-7H3,(H,59,60)(H,61,63)(H,64,69). The average Bonchev–Trinajstić information content (AvgIpc) is 4.25. The second-order valence-electron chi connectivity index (χ2n) is 21.0. The number of benzene rings is 2. The number of amides is 3. The van der Waals surface area contributed by atoms with E-state index in [4.69, 9.17) is 19.2 Å². The fourth-order valence-corrected chi connectivity index (χ4v) is 11.9. The summed E-state index contributed by atoms with van der Waals surface area (Å²) in [6.45, 7) is 15.1. The van der Waals surface area contributed by atoms with Gasteiger partial charge in [-0.2, -0.15) is 0 Å². The minimum absolute atomic E-state index is 0.0778. The Hall–Kier alpha value is -6.83. The van der Waals surface area contributed by atoms with Gasteiger partial charge < -0.3 is 44.3 Å². The van der Waals surface area contributed by atoms with Crippen molar-refractivity contribution in [2.24, 2.45) is 17.8 Å². The summed E-state index contributed by atoms with van der Waals surface area (Å²) in [5.41, 5.74) is 14.1. The van der Waals surface area contributed by atoms with Gasteiger partial charge in [0.2, 0.25) is 11.8 Å². The zero-order valence-electron chi connectivity index (χ0n) is 42.9. The van der Waals surface area contributed by atoms with Crippen LogP contribution in [0.5, 0.6) is 5.75 Å². The summed E-state index contributed by atoms with van der Waals surface area (Å²) in [5, 5.41) is 2.76. The molecule has 3 aliphatic heterocycles. The van der Waals surface area contributed by atoms with Gasteiger partial charge in [0.05, 0.1) is 44.3 Å². The first-order chi connectivity index (χ1) is 34.9. The molecule has 3 aromatic heterocycles. The van der Waals surface area contributed by atoms with Gasteiger partial charge >= 0.3 is 6.09 Å². The van der Waals surface area contributed by atoms with E-state index in [1.165, 1.54) is 51.8 Å². The van der Waals surface area contributed by atoms with Gasteiger partial charge in [-0.05, 0) is 138 Å². The Morgan fingerprint density at radius 2 is 1.69 bits per heavy atom. The highest BCUT2D eigenvalue weighted by Gasteiger charge is 2.42. The quantitative estimate of drug-likeness (QED) is 0.0803. The molecule has 5 atom stereocenters. The first-order valence-electron chi connectivity index (χ1n) is 26.3. The van der Waals surface area contributed by atoms with Crippen molar-refractivity contribution in [2.45, 2.75) is 123 Å². The maximum Gasteiger partial charge on any atom is 0.407 e. The van der Waals surface area contributed by atoms with Crippen LogP contribution in [-0.4, -0.2) is 92.1 Å². The second kappa shape index (κ2) is 20.7. The number of rotatable bonds is 15. The van der Waals surface area contributed by atoms with E-state index < -0.39 is 12.1 Å². The number of hydrogen-bond donors (Lipinski definition) is 4. The van der Waals surface area contributed by atoms with Gasteiger partial charge in [0.15, 0.2) is 0 Å². The van der Waals surface area contributed by atoms with Gasteiger partial charge in [-0.25, -0.2) is 14.8 Å². The van der Waals surface area contributed by atoms with Crippen LogP contribution in [0.25, 0.3) is 22.4 Å². The van der Waals surface area contributed by atoms with Crippen LogP contribution in [0.3, 0.4) is 0 Å². The molecule has 0 radical (unpaired) electrons. The Labute approximate surface area is 423 Å². The Kier molecular flexibility index (Phi) is 14.0. The summed E-state index contributed by atoms with van der Waals surface area (Å²) < 4.78 is 17.9. The average molecular weight is 975 g/mol. The zero-order valence-corrected chi connectivity index (χ0v) is 42.9. The summed E-state index contributed by atoms with van der Waals surface area (Å²) in [4.78, 5) is 63.6. The third kappa shape index (κ3) is 9.52. The molecule has 3 amide bonds. The van der Waals surface area contributed by atoms with Crippen LogP contribution in [0.1, 0.15) is 150 Å². The lowest BCUT2D eigenvalue weighted by molar-refractivity contribution is -0.135. The van der Waals surface area contributed by atoms with Crippen LogP contribution in [0.4, 0.5) is 4.79 Å². The molecule has 14 nitrogen and oxygen atoms in total. The van der Waals surface area contributed by atoms with Crippen LogP contribution in [-0.2, 0) is 31.9 Å². The highest BCUT2D eigenvalue weighted by atomic mass is 16.5. The van der Waals surface area contributed by atoms with Gasteiger partial charge in [0.25, 0.3) is 0 Å². The molecule has 0 spiro atoms.